The van der Waals surface area contributed by atoms with Crippen molar-refractivity contribution in [1.29, 1.82) is 0 Å². The number of rotatable bonds is 6. The molecule has 3 aliphatic rings. The van der Waals surface area contributed by atoms with Crippen LogP contribution in [0.2, 0.25) is 0 Å². The average molecular weight is 400 g/mol. The third-order valence-corrected chi connectivity index (χ3v) is 7.46. The summed E-state index contributed by atoms with van der Waals surface area (Å²) in [6, 6.07) is 5.90. The highest BCUT2D eigenvalue weighted by Crippen LogP contribution is 2.56. The second kappa shape index (κ2) is 8.02. The Labute approximate surface area is 173 Å². The lowest BCUT2D eigenvalue weighted by Gasteiger charge is -2.50. The molecule has 0 bridgehead atoms. The number of methoxy groups -OCH3 is 2. The SMILES string of the molecule is C=C1CCC[C@]2(C)C[C@H]3OC(=O)[C@H](CNCc4ccc(OC)c(OC)c4)[C@@H]3C[C@@H]12. The summed E-state index contributed by atoms with van der Waals surface area (Å²) in [7, 11) is 3.27. The summed E-state index contributed by atoms with van der Waals surface area (Å²) in [4.78, 5) is 12.6. The molecule has 5 heteroatoms. The van der Waals surface area contributed by atoms with Gasteiger partial charge in [0.05, 0.1) is 20.1 Å². The lowest BCUT2D eigenvalue weighted by Crippen LogP contribution is -2.45. The Hall–Kier alpha value is -2.01. The van der Waals surface area contributed by atoms with Crippen LogP contribution in [0.3, 0.4) is 0 Å². The van der Waals surface area contributed by atoms with Crippen LogP contribution in [0.1, 0.15) is 44.6 Å². The van der Waals surface area contributed by atoms with Gasteiger partial charge in [-0.05, 0) is 61.1 Å². The van der Waals surface area contributed by atoms with Crippen LogP contribution in [-0.2, 0) is 16.1 Å². The van der Waals surface area contributed by atoms with E-state index in [9.17, 15) is 4.79 Å². The third kappa shape index (κ3) is 3.77. The van der Waals surface area contributed by atoms with Gasteiger partial charge in [0.15, 0.2) is 11.5 Å². The standard InChI is InChI=1S/C24H33NO4/c1-15-6-5-9-24(2)12-22-17(11-19(15)24)18(23(26)29-22)14-25-13-16-7-8-20(27-3)21(10-16)28-4/h7-8,10,17-19,22,25H,1,5-6,9,11-14H2,2-4H3/t17-,18+,19-,22+,24+/m0/s1. The van der Waals surface area contributed by atoms with Crippen LogP contribution in [0.4, 0.5) is 0 Å². The number of carbonyl (C=O) groups is 1. The molecule has 2 saturated carbocycles. The largest absolute Gasteiger partial charge is 0.493 e. The number of hydrogen-bond acceptors (Lipinski definition) is 5. The maximum Gasteiger partial charge on any atom is 0.310 e. The molecule has 0 amide bonds. The van der Waals surface area contributed by atoms with Crippen LogP contribution in [0, 0.1) is 23.2 Å². The topological polar surface area (TPSA) is 56.8 Å². The molecular formula is C24H33NO4. The van der Waals surface area contributed by atoms with Gasteiger partial charge in [0.1, 0.15) is 6.10 Å². The van der Waals surface area contributed by atoms with Crippen LogP contribution >= 0.6 is 0 Å². The highest BCUT2D eigenvalue weighted by atomic mass is 16.6. The molecule has 1 N–H and O–H groups in total. The Morgan fingerprint density at radius 3 is 2.83 bits per heavy atom. The second-order valence-electron chi connectivity index (χ2n) is 9.22. The number of allylic oxidation sites excluding steroid dienone is 1. The molecular weight excluding hydrogens is 366 g/mol. The summed E-state index contributed by atoms with van der Waals surface area (Å²) >= 11 is 0. The van der Waals surface area contributed by atoms with E-state index in [1.165, 1.54) is 18.4 Å². The average Bonchev–Trinajstić information content (AvgIpc) is 3.00. The van der Waals surface area contributed by atoms with E-state index in [4.69, 9.17) is 14.2 Å². The molecule has 1 aromatic carbocycles. The molecule has 0 radical (unpaired) electrons. The summed E-state index contributed by atoms with van der Waals surface area (Å²) in [5.74, 6) is 2.16. The quantitative estimate of drug-likeness (QED) is 0.576. The second-order valence-corrected chi connectivity index (χ2v) is 9.22. The predicted molar refractivity (Wildman–Crippen MR) is 112 cm³/mol. The molecule has 5 atom stereocenters. The van der Waals surface area contributed by atoms with Gasteiger partial charge >= 0.3 is 5.97 Å². The van der Waals surface area contributed by atoms with E-state index in [1.54, 1.807) is 14.2 Å². The van der Waals surface area contributed by atoms with Crippen molar-refractivity contribution in [1.82, 2.24) is 5.32 Å². The van der Waals surface area contributed by atoms with Crippen LogP contribution in [-0.4, -0.2) is 32.8 Å². The number of benzene rings is 1. The first-order chi connectivity index (χ1) is 13.9. The van der Waals surface area contributed by atoms with Crippen molar-refractivity contribution in [2.75, 3.05) is 20.8 Å². The molecule has 158 valence electrons. The van der Waals surface area contributed by atoms with Gasteiger partial charge in [0.2, 0.25) is 0 Å². The van der Waals surface area contributed by atoms with Crippen molar-refractivity contribution >= 4 is 5.97 Å². The third-order valence-electron chi connectivity index (χ3n) is 7.46. The number of esters is 1. The first-order valence-electron chi connectivity index (χ1n) is 10.7. The number of fused-ring (bicyclic) bond motifs is 2. The minimum absolute atomic E-state index is 0.0346. The predicted octanol–water partition coefficient (Wildman–Crippen LogP) is 4.11. The molecule has 1 aliphatic heterocycles. The first kappa shape index (κ1) is 20.3. The summed E-state index contributed by atoms with van der Waals surface area (Å²) in [5.41, 5.74) is 2.73. The molecule has 29 heavy (non-hydrogen) atoms. The van der Waals surface area contributed by atoms with E-state index in [0.29, 0.717) is 24.9 Å². The van der Waals surface area contributed by atoms with Crippen LogP contribution < -0.4 is 14.8 Å². The fourth-order valence-electron chi connectivity index (χ4n) is 5.85. The monoisotopic (exact) mass is 399 g/mol. The Morgan fingerprint density at radius 2 is 2.07 bits per heavy atom. The number of nitrogens with one attached hydrogen (secondary N) is 1. The van der Waals surface area contributed by atoms with Gasteiger partial charge in [-0.15, -0.1) is 0 Å². The van der Waals surface area contributed by atoms with E-state index >= 15 is 0 Å². The van der Waals surface area contributed by atoms with E-state index in [-0.39, 0.29) is 23.4 Å². The van der Waals surface area contributed by atoms with E-state index in [2.05, 4.69) is 18.8 Å². The molecule has 0 spiro atoms. The first-order valence-corrected chi connectivity index (χ1v) is 10.7. The molecule has 0 unspecified atom stereocenters. The smallest absolute Gasteiger partial charge is 0.310 e. The maximum atomic E-state index is 12.6. The highest BCUT2D eigenvalue weighted by molar-refractivity contribution is 5.75. The Balaban J connectivity index is 1.39. The normalized spacial score (nSPS) is 33.6. The van der Waals surface area contributed by atoms with Crippen LogP contribution in [0.5, 0.6) is 11.5 Å². The zero-order valence-corrected chi connectivity index (χ0v) is 17.8. The molecule has 1 heterocycles. The minimum atomic E-state index is -0.0700. The molecule has 4 rings (SSSR count). The summed E-state index contributed by atoms with van der Waals surface area (Å²) in [5, 5.41) is 3.47. The zero-order chi connectivity index (χ0) is 20.6. The van der Waals surface area contributed by atoms with Crippen LogP contribution in [0.25, 0.3) is 0 Å². The van der Waals surface area contributed by atoms with Crippen molar-refractivity contribution in [2.24, 2.45) is 23.2 Å². The number of carbonyl (C=O) groups excluding carboxylic acids is 1. The zero-order valence-electron chi connectivity index (χ0n) is 17.8. The number of hydrogen-bond donors (Lipinski definition) is 1. The minimum Gasteiger partial charge on any atom is -0.493 e. The maximum absolute atomic E-state index is 12.6. The molecule has 1 aromatic rings. The van der Waals surface area contributed by atoms with Gasteiger partial charge in [0, 0.05) is 19.0 Å². The summed E-state index contributed by atoms with van der Waals surface area (Å²) < 4.78 is 16.5. The fourth-order valence-corrected chi connectivity index (χ4v) is 5.85. The molecule has 1 saturated heterocycles. The van der Waals surface area contributed by atoms with Crippen LogP contribution in [0.15, 0.2) is 30.4 Å². The Morgan fingerprint density at radius 1 is 1.28 bits per heavy atom. The molecule has 3 fully saturated rings. The van der Waals surface area contributed by atoms with Crippen molar-refractivity contribution in [2.45, 2.75) is 51.7 Å². The summed E-state index contributed by atoms with van der Waals surface area (Å²) in [6.07, 6.45) is 5.66. The van der Waals surface area contributed by atoms with E-state index < -0.39 is 0 Å². The lowest BCUT2D eigenvalue weighted by atomic mass is 9.55. The van der Waals surface area contributed by atoms with Gasteiger partial charge in [-0.1, -0.05) is 25.1 Å². The van der Waals surface area contributed by atoms with E-state index in [1.807, 2.05) is 18.2 Å². The van der Waals surface area contributed by atoms with Crippen molar-refractivity contribution in [3.8, 4) is 11.5 Å². The fraction of sp³-hybridized carbons (Fsp3) is 0.625. The van der Waals surface area contributed by atoms with Gasteiger partial charge < -0.3 is 19.5 Å². The molecule has 5 nitrogen and oxygen atoms in total. The van der Waals surface area contributed by atoms with Crippen molar-refractivity contribution < 1.29 is 19.0 Å². The Bertz CT molecular complexity index is 791. The van der Waals surface area contributed by atoms with Crippen molar-refractivity contribution in [3.05, 3.63) is 35.9 Å². The Kier molecular flexibility index (Phi) is 5.60. The van der Waals surface area contributed by atoms with Gasteiger partial charge in [0.25, 0.3) is 0 Å². The van der Waals surface area contributed by atoms with Gasteiger partial charge in [-0.3, -0.25) is 4.79 Å². The molecule has 2 aliphatic carbocycles. The van der Waals surface area contributed by atoms with E-state index in [0.717, 1.165) is 36.3 Å². The van der Waals surface area contributed by atoms with Gasteiger partial charge in [-0.2, -0.15) is 0 Å². The number of ether oxygens (including phenoxy) is 3. The van der Waals surface area contributed by atoms with Crippen molar-refractivity contribution in [3.63, 3.8) is 0 Å². The lowest BCUT2D eigenvalue weighted by molar-refractivity contribution is -0.146. The highest BCUT2D eigenvalue weighted by Gasteiger charge is 2.54. The summed E-state index contributed by atoms with van der Waals surface area (Å²) in [6.45, 7) is 8.06. The molecule has 0 aromatic heterocycles. The van der Waals surface area contributed by atoms with Gasteiger partial charge in [-0.25, -0.2) is 0 Å².